The van der Waals surface area contributed by atoms with Crippen molar-refractivity contribution in [2.75, 3.05) is 26.2 Å². The summed E-state index contributed by atoms with van der Waals surface area (Å²) >= 11 is 0. The second kappa shape index (κ2) is 7.15. The monoisotopic (exact) mass is 315 g/mol. The van der Waals surface area contributed by atoms with Gasteiger partial charge in [-0.15, -0.1) is 0 Å². The van der Waals surface area contributed by atoms with Crippen LogP contribution < -0.4 is 5.73 Å². The van der Waals surface area contributed by atoms with Crippen molar-refractivity contribution in [2.45, 2.75) is 32.2 Å². The fraction of sp³-hybridized carbons (Fsp3) is 0.500. The number of aryl methyl sites for hydroxylation is 1. The van der Waals surface area contributed by atoms with Crippen molar-refractivity contribution in [2.24, 2.45) is 5.73 Å². The Hall–Kier alpha value is -1.85. The number of carboxylic acids is 1. The number of rotatable bonds is 7. The minimum absolute atomic E-state index is 0.343. The van der Waals surface area contributed by atoms with Crippen molar-refractivity contribution in [1.82, 2.24) is 9.47 Å². The maximum atomic E-state index is 11.2. The van der Waals surface area contributed by atoms with Crippen LogP contribution >= 0.6 is 0 Å². The minimum atomic E-state index is -0.878. The van der Waals surface area contributed by atoms with E-state index in [1.165, 1.54) is 36.9 Å². The zero-order chi connectivity index (χ0) is 16.2. The van der Waals surface area contributed by atoms with E-state index in [0.717, 1.165) is 31.4 Å². The van der Waals surface area contributed by atoms with E-state index in [-0.39, 0.29) is 0 Å². The number of nitrogens with zero attached hydrogens (tertiary/aromatic N) is 2. The number of aromatic carboxylic acids is 1. The van der Waals surface area contributed by atoms with Crippen LogP contribution in [0.4, 0.5) is 0 Å². The molecule has 0 unspecified atom stereocenters. The Morgan fingerprint density at radius 1 is 1.22 bits per heavy atom. The Kier molecular flexibility index (Phi) is 4.98. The van der Waals surface area contributed by atoms with Gasteiger partial charge in [0.1, 0.15) is 0 Å². The number of nitrogens with two attached hydrogens (primary N) is 1. The first kappa shape index (κ1) is 16.0. The third kappa shape index (κ3) is 3.57. The van der Waals surface area contributed by atoms with E-state index < -0.39 is 5.97 Å². The summed E-state index contributed by atoms with van der Waals surface area (Å²) in [5.74, 6) is -0.878. The molecule has 0 aliphatic carbocycles. The standard InChI is InChI=1S/C18H25N3O2/c19-7-3-10-21-13-15(6-11-20-8-1-2-9-20)16-5-4-14(18(22)23)12-17(16)21/h4-5,12-13H,1-3,6-11,19H2,(H,22,23). The van der Waals surface area contributed by atoms with Crippen molar-refractivity contribution < 1.29 is 9.90 Å². The lowest BCUT2D eigenvalue weighted by Gasteiger charge is -2.13. The third-order valence-electron chi connectivity index (χ3n) is 4.71. The Morgan fingerprint density at radius 3 is 2.70 bits per heavy atom. The Bertz CT molecular complexity index is 687. The van der Waals surface area contributed by atoms with Crippen LogP contribution in [-0.2, 0) is 13.0 Å². The van der Waals surface area contributed by atoms with Gasteiger partial charge in [0.25, 0.3) is 0 Å². The van der Waals surface area contributed by atoms with Gasteiger partial charge in [0.05, 0.1) is 5.56 Å². The average molecular weight is 315 g/mol. The second-order valence-corrected chi connectivity index (χ2v) is 6.33. The Morgan fingerprint density at radius 2 is 2.00 bits per heavy atom. The predicted molar refractivity (Wildman–Crippen MR) is 91.9 cm³/mol. The SMILES string of the molecule is NCCCn1cc(CCN2CCCC2)c2ccc(C(=O)O)cc21. The third-order valence-corrected chi connectivity index (χ3v) is 4.71. The molecule has 23 heavy (non-hydrogen) atoms. The number of hydrogen-bond donors (Lipinski definition) is 2. The van der Waals surface area contributed by atoms with Crippen LogP contribution in [0.1, 0.15) is 35.2 Å². The van der Waals surface area contributed by atoms with Gasteiger partial charge in [-0.25, -0.2) is 4.79 Å². The molecule has 0 saturated carbocycles. The number of carbonyl (C=O) groups is 1. The van der Waals surface area contributed by atoms with Gasteiger partial charge < -0.3 is 20.3 Å². The smallest absolute Gasteiger partial charge is 0.335 e. The molecule has 0 spiro atoms. The maximum Gasteiger partial charge on any atom is 0.335 e. The second-order valence-electron chi connectivity index (χ2n) is 6.33. The Balaban J connectivity index is 1.88. The number of fused-ring (bicyclic) bond motifs is 1. The van der Waals surface area contributed by atoms with E-state index in [1.807, 2.05) is 6.07 Å². The lowest BCUT2D eigenvalue weighted by Crippen LogP contribution is -2.21. The van der Waals surface area contributed by atoms with Crippen LogP contribution in [0.25, 0.3) is 10.9 Å². The maximum absolute atomic E-state index is 11.2. The van der Waals surface area contributed by atoms with E-state index in [2.05, 4.69) is 15.7 Å². The number of likely N-dealkylation sites (tertiary alicyclic amines) is 1. The molecule has 2 heterocycles. The largest absolute Gasteiger partial charge is 0.478 e. The van der Waals surface area contributed by atoms with Crippen molar-refractivity contribution in [3.8, 4) is 0 Å². The first-order valence-corrected chi connectivity index (χ1v) is 8.46. The molecule has 1 aliphatic heterocycles. The summed E-state index contributed by atoms with van der Waals surface area (Å²) in [4.78, 5) is 13.7. The van der Waals surface area contributed by atoms with Crippen LogP contribution in [0.15, 0.2) is 24.4 Å². The quantitative estimate of drug-likeness (QED) is 0.822. The first-order chi connectivity index (χ1) is 11.2. The van der Waals surface area contributed by atoms with Gasteiger partial charge >= 0.3 is 5.97 Å². The van der Waals surface area contributed by atoms with Crippen LogP contribution in [0.5, 0.6) is 0 Å². The Labute approximate surface area is 136 Å². The molecule has 0 bridgehead atoms. The minimum Gasteiger partial charge on any atom is -0.478 e. The van der Waals surface area contributed by atoms with E-state index >= 15 is 0 Å². The van der Waals surface area contributed by atoms with Gasteiger partial charge in [0, 0.05) is 30.2 Å². The molecule has 1 aromatic heterocycles. The highest BCUT2D eigenvalue weighted by molar-refractivity contribution is 5.94. The van der Waals surface area contributed by atoms with E-state index in [4.69, 9.17) is 5.73 Å². The topological polar surface area (TPSA) is 71.5 Å². The predicted octanol–water partition coefficient (Wildman–Crippen LogP) is 2.33. The zero-order valence-corrected chi connectivity index (χ0v) is 13.5. The molecule has 2 aromatic rings. The summed E-state index contributed by atoms with van der Waals surface area (Å²) in [5, 5.41) is 10.4. The molecule has 0 radical (unpaired) electrons. The normalized spacial score (nSPS) is 15.5. The molecule has 1 saturated heterocycles. The summed E-state index contributed by atoms with van der Waals surface area (Å²) in [6.45, 7) is 4.96. The highest BCUT2D eigenvalue weighted by atomic mass is 16.4. The van der Waals surface area contributed by atoms with Crippen LogP contribution in [0.3, 0.4) is 0 Å². The molecule has 0 amide bonds. The van der Waals surface area contributed by atoms with Gasteiger partial charge in [0.2, 0.25) is 0 Å². The molecule has 5 nitrogen and oxygen atoms in total. The molecule has 3 N–H and O–H groups in total. The molecular formula is C18H25N3O2. The molecule has 1 fully saturated rings. The van der Waals surface area contributed by atoms with Crippen molar-refractivity contribution >= 4 is 16.9 Å². The summed E-state index contributed by atoms with van der Waals surface area (Å²) in [6, 6.07) is 5.45. The van der Waals surface area contributed by atoms with Gasteiger partial charge in [-0.3, -0.25) is 0 Å². The van der Waals surface area contributed by atoms with Crippen LogP contribution in [-0.4, -0.2) is 46.7 Å². The van der Waals surface area contributed by atoms with Crippen molar-refractivity contribution in [3.05, 3.63) is 35.5 Å². The summed E-state index contributed by atoms with van der Waals surface area (Å²) in [7, 11) is 0. The van der Waals surface area contributed by atoms with E-state index in [1.54, 1.807) is 12.1 Å². The first-order valence-electron chi connectivity index (χ1n) is 8.46. The van der Waals surface area contributed by atoms with E-state index in [9.17, 15) is 9.90 Å². The lowest BCUT2D eigenvalue weighted by atomic mass is 10.1. The molecule has 5 heteroatoms. The molecule has 1 aromatic carbocycles. The number of aromatic nitrogens is 1. The van der Waals surface area contributed by atoms with E-state index in [0.29, 0.717) is 12.1 Å². The molecular weight excluding hydrogens is 290 g/mol. The fourth-order valence-electron chi connectivity index (χ4n) is 3.43. The number of carboxylic acid groups (broad SMARTS) is 1. The summed E-state index contributed by atoms with van der Waals surface area (Å²) in [5.41, 5.74) is 8.29. The summed E-state index contributed by atoms with van der Waals surface area (Å²) < 4.78 is 2.16. The number of benzene rings is 1. The zero-order valence-electron chi connectivity index (χ0n) is 13.5. The van der Waals surface area contributed by atoms with Crippen molar-refractivity contribution in [3.63, 3.8) is 0 Å². The fourth-order valence-corrected chi connectivity index (χ4v) is 3.43. The van der Waals surface area contributed by atoms with Gasteiger partial charge in [-0.1, -0.05) is 6.07 Å². The highest BCUT2D eigenvalue weighted by Gasteiger charge is 2.15. The molecule has 3 rings (SSSR count). The van der Waals surface area contributed by atoms with Gasteiger partial charge in [-0.05, 0) is 63.0 Å². The van der Waals surface area contributed by atoms with Gasteiger partial charge in [-0.2, -0.15) is 0 Å². The molecule has 124 valence electrons. The molecule has 1 aliphatic rings. The average Bonchev–Trinajstić information content (AvgIpc) is 3.18. The number of hydrogen-bond acceptors (Lipinski definition) is 3. The van der Waals surface area contributed by atoms with Crippen LogP contribution in [0, 0.1) is 0 Å². The van der Waals surface area contributed by atoms with Crippen LogP contribution in [0.2, 0.25) is 0 Å². The lowest BCUT2D eigenvalue weighted by molar-refractivity contribution is 0.0697. The summed E-state index contributed by atoms with van der Waals surface area (Å²) in [6.07, 6.45) is 6.70. The molecule has 0 atom stereocenters. The van der Waals surface area contributed by atoms with Gasteiger partial charge in [0.15, 0.2) is 0 Å². The highest BCUT2D eigenvalue weighted by Crippen LogP contribution is 2.24. The van der Waals surface area contributed by atoms with Crippen molar-refractivity contribution in [1.29, 1.82) is 0 Å².